The highest BCUT2D eigenvalue weighted by atomic mass is 19.1. The van der Waals surface area contributed by atoms with Gasteiger partial charge in [-0.15, -0.1) is 0 Å². The van der Waals surface area contributed by atoms with Gasteiger partial charge < -0.3 is 15.4 Å². The molecule has 0 bridgehead atoms. The topological polar surface area (TPSA) is 67.4 Å². The summed E-state index contributed by atoms with van der Waals surface area (Å²) in [5, 5.41) is 5.45. The number of hydrogen-bond donors (Lipinski definition) is 2. The molecule has 5 nitrogen and oxygen atoms in total. The molecule has 1 aliphatic rings. The van der Waals surface area contributed by atoms with Gasteiger partial charge >= 0.3 is 12.0 Å². The maximum Gasteiger partial charge on any atom is 0.319 e. The summed E-state index contributed by atoms with van der Waals surface area (Å²) in [4.78, 5) is 24.1. The van der Waals surface area contributed by atoms with Crippen LogP contribution in [0.2, 0.25) is 0 Å². The lowest BCUT2D eigenvalue weighted by atomic mass is 9.87. The first-order valence-electron chi connectivity index (χ1n) is 8.01. The third-order valence-corrected chi connectivity index (χ3v) is 4.17. The molecule has 1 aromatic carbocycles. The number of carbonyl (C=O) groups excluding carboxylic acids is 2. The van der Waals surface area contributed by atoms with E-state index < -0.39 is 11.8 Å². The Morgan fingerprint density at radius 2 is 1.91 bits per heavy atom. The van der Waals surface area contributed by atoms with Crippen LogP contribution in [-0.2, 0) is 9.53 Å². The zero-order valence-corrected chi connectivity index (χ0v) is 13.3. The van der Waals surface area contributed by atoms with Crippen molar-refractivity contribution in [3.63, 3.8) is 0 Å². The zero-order valence-electron chi connectivity index (χ0n) is 13.3. The highest BCUT2D eigenvalue weighted by Gasteiger charge is 2.30. The summed E-state index contributed by atoms with van der Waals surface area (Å²) in [5.74, 6) is -1.04. The first kappa shape index (κ1) is 17.2. The Morgan fingerprint density at radius 1 is 1.17 bits per heavy atom. The number of carbonyl (C=O) groups is 2. The fourth-order valence-electron chi connectivity index (χ4n) is 2.99. The van der Waals surface area contributed by atoms with Crippen LogP contribution in [0.15, 0.2) is 24.3 Å². The second-order valence-corrected chi connectivity index (χ2v) is 5.84. The van der Waals surface area contributed by atoms with Crippen molar-refractivity contribution >= 4 is 17.7 Å². The van der Waals surface area contributed by atoms with Crippen LogP contribution < -0.4 is 10.6 Å². The molecule has 6 heteroatoms. The molecular formula is C17H23FN2O3. The molecule has 2 N–H and O–H groups in total. The summed E-state index contributed by atoms with van der Waals surface area (Å²) >= 11 is 0. The van der Waals surface area contributed by atoms with Gasteiger partial charge in [0.15, 0.2) is 0 Å². The number of amides is 2. The number of esters is 1. The number of halogens is 1. The van der Waals surface area contributed by atoms with Crippen molar-refractivity contribution in [2.45, 2.75) is 44.6 Å². The van der Waals surface area contributed by atoms with E-state index in [-0.39, 0.29) is 17.9 Å². The summed E-state index contributed by atoms with van der Waals surface area (Å²) in [5.41, 5.74) is 0.378. The number of methoxy groups -OCH3 is 1. The maximum atomic E-state index is 13.2. The van der Waals surface area contributed by atoms with E-state index >= 15 is 0 Å². The van der Waals surface area contributed by atoms with Crippen LogP contribution in [0.25, 0.3) is 0 Å². The van der Waals surface area contributed by atoms with Crippen molar-refractivity contribution in [2.75, 3.05) is 12.4 Å². The molecule has 0 radical (unpaired) electrons. The summed E-state index contributed by atoms with van der Waals surface area (Å²) in [7, 11) is 1.37. The molecule has 0 aliphatic heterocycles. The van der Waals surface area contributed by atoms with Crippen molar-refractivity contribution in [2.24, 2.45) is 5.92 Å². The van der Waals surface area contributed by atoms with Gasteiger partial charge in [0.2, 0.25) is 0 Å². The van der Waals surface area contributed by atoms with E-state index in [2.05, 4.69) is 10.6 Å². The molecule has 0 saturated heterocycles. The van der Waals surface area contributed by atoms with Crippen molar-refractivity contribution < 1.29 is 18.7 Å². The summed E-state index contributed by atoms with van der Waals surface area (Å²) in [6.45, 7) is 0. The minimum atomic E-state index is -0.435. The molecule has 0 heterocycles. The quantitative estimate of drug-likeness (QED) is 0.838. The van der Waals surface area contributed by atoms with Gasteiger partial charge in [0.25, 0.3) is 0 Å². The second kappa shape index (κ2) is 8.50. The number of rotatable bonds is 3. The lowest BCUT2D eigenvalue weighted by Gasteiger charge is -2.28. The van der Waals surface area contributed by atoms with Crippen molar-refractivity contribution in [3.8, 4) is 0 Å². The smallest absolute Gasteiger partial charge is 0.319 e. The normalized spacial score (nSPS) is 21.7. The minimum Gasteiger partial charge on any atom is -0.469 e. The molecule has 0 aromatic heterocycles. The fourth-order valence-corrected chi connectivity index (χ4v) is 2.99. The van der Waals surface area contributed by atoms with Crippen LogP contribution in [0.5, 0.6) is 0 Å². The van der Waals surface area contributed by atoms with E-state index in [1.165, 1.54) is 25.3 Å². The van der Waals surface area contributed by atoms with E-state index in [1.807, 2.05) is 0 Å². The lowest BCUT2D eigenvalue weighted by molar-refractivity contribution is -0.146. The number of ether oxygens (including phenoxy) is 1. The van der Waals surface area contributed by atoms with Crippen LogP contribution in [-0.4, -0.2) is 25.2 Å². The Morgan fingerprint density at radius 3 is 2.61 bits per heavy atom. The fraction of sp³-hybridized carbons (Fsp3) is 0.529. The average molecular weight is 322 g/mol. The van der Waals surface area contributed by atoms with Gasteiger partial charge in [0, 0.05) is 11.7 Å². The van der Waals surface area contributed by atoms with Gasteiger partial charge in [-0.1, -0.05) is 31.7 Å². The first-order valence-corrected chi connectivity index (χ1v) is 8.01. The SMILES string of the molecule is COC(=O)[C@@H]1CCCCCC[C@@H]1NC(=O)Nc1cccc(F)c1. The number of urea groups is 1. The van der Waals surface area contributed by atoms with Gasteiger partial charge in [-0.3, -0.25) is 4.79 Å². The molecule has 0 unspecified atom stereocenters. The van der Waals surface area contributed by atoms with E-state index in [4.69, 9.17) is 4.74 Å². The van der Waals surface area contributed by atoms with Gasteiger partial charge in [0.05, 0.1) is 13.0 Å². The van der Waals surface area contributed by atoms with E-state index in [0.29, 0.717) is 12.1 Å². The molecular weight excluding hydrogens is 299 g/mol. The summed E-state index contributed by atoms with van der Waals surface area (Å²) < 4.78 is 18.0. The third-order valence-electron chi connectivity index (χ3n) is 4.17. The van der Waals surface area contributed by atoms with Crippen molar-refractivity contribution in [1.29, 1.82) is 0 Å². The molecule has 2 atom stereocenters. The van der Waals surface area contributed by atoms with Crippen LogP contribution >= 0.6 is 0 Å². The Balaban J connectivity index is 2.00. The largest absolute Gasteiger partial charge is 0.469 e. The average Bonchev–Trinajstić information content (AvgIpc) is 2.49. The van der Waals surface area contributed by atoms with Crippen LogP contribution in [0.3, 0.4) is 0 Å². The second-order valence-electron chi connectivity index (χ2n) is 5.84. The Hall–Kier alpha value is -2.11. The molecule has 23 heavy (non-hydrogen) atoms. The number of benzene rings is 1. The number of nitrogens with one attached hydrogen (secondary N) is 2. The molecule has 2 amide bonds. The van der Waals surface area contributed by atoms with Gasteiger partial charge in [-0.05, 0) is 31.0 Å². The maximum absolute atomic E-state index is 13.2. The highest BCUT2D eigenvalue weighted by molar-refractivity contribution is 5.89. The molecule has 126 valence electrons. The minimum absolute atomic E-state index is 0.267. The Labute approximate surface area is 135 Å². The predicted octanol–water partition coefficient (Wildman–Crippen LogP) is 3.46. The monoisotopic (exact) mass is 322 g/mol. The van der Waals surface area contributed by atoms with Crippen molar-refractivity contribution in [3.05, 3.63) is 30.1 Å². The van der Waals surface area contributed by atoms with Gasteiger partial charge in [0.1, 0.15) is 5.82 Å². The molecule has 2 rings (SSSR count). The zero-order chi connectivity index (χ0) is 16.7. The third kappa shape index (κ3) is 5.23. The van der Waals surface area contributed by atoms with E-state index in [1.54, 1.807) is 6.07 Å². The molecule has 1 aromatic rings. The van der Waals surface area contributed by atoms with Gasteiger partial charge in [-0.2, -0.15) is 0 Å². The van der Waals surface area contributed by atoms with Crippen LogP contribution in [0, 0.1) is 11.7 Å². The molecule has 0 spiro atoms. The lowest BCUT2D eigenvalue weighted by Crippen LogP contribution is -2.45. The summed E-state index contributed by atoms with van der Waals surface area (Å²) in [6.07, 6.45) is 5.53. The number of anilines is 1. The predicted molar refractivity (Wildman–Crippen MR) is 85.6 cm³/mol. The number of hydrogen-bond acceptors (Lipinski definition) is 3. The van der Waals surface area contributed by atoms with Gasteiger partial charge in [-0.25, -0.2) is 9.18 Å². The van der Waals surface area contributed by atoms with Crippen LogP contribution in [0.4, 0.5) is 14.9 Å². The molecule has 1 saturated carbocycles. The Kier molecular flexibility index (Phi) is 6.38. The van der Waals surface area contributed by atoms with Crippen molar-refractivity contribution in [1.82, 2.24) is 5.32 Å². The standard InChI is InChI=1S/C17H23FN2O3/c1-23-16(21)14-9-4-2-3-5-10-15(14)20-17(22)19-13-8-6-7-12(18)11-13/h6-8,11,14-15H,2-5,9-10H2,1H3,(H2,19,20,22)/t14-,15+/m1/s1. The first-order chi connectivity index (χ1) is 11.1. The Bertz CT molecular complexity index is 550. The molecule has 1 fully saturated rings. The van der Waals surface area contributed by atoms with E-state index in [0.717, 1.165) is 32.1 Å². The van der Waals surface area contributed by atoms with Crippen LogP contribution in [0.1, 0.15) is 38.5 Å². The summed E-state index contributed by atoms with van der Waals surface area (Å²) in [6, 6.07) is 4.99. The molecule has 1 aliphatic carbocycles. The van der Waals surface area contributed by atoms with E-state index in [9.17, 15) is 14.0 Å². The highest BCUT2D eigenvalue weighted by Crippen LogP contribution is 2.24.